The van der Waals surface area contributed by atoms with Crippen LogP contribution in [0.4, 0.5) is 18.9 Å². The monoisotopic (exact) mass is 246 g/mol. The van der Waals surface area contributed by atoms with Gasteiger partial charge in [0.05, 0.1) is 5.56 Å². The van der Waals surface area contributed by atoms with Crippen molar-refractivity contribution in [3.63, 3.8) is 0 Å². The van der Waals surface area contributed by atoms with Crippen molar-refractivity contribution in [2.24, 2.45) is 5.73 Å². The third-order valence-electron chi connectivity index (χ3n) is 2.20. The van der Waals surface area contributed by atoms with Crippen molar-refractivity contribution in [3.8, 4) is 0 Å². The van der Waals surface area contributed by atoms with Crippen LogP contribution < -0.4 is 11.1 Å². The van der Waals surface area contributed by atoms with Crippen LogP contribution in [0.3, 0.4) is 0 Å². The molecule has 94 valence electrons. The normalized spacial score (nSPS) is 11.4. The Morgan fingerprint density at radius 1 is 1.41 bits per heavy atom. The average molecular weight is 246 g/mol. The fourth-order valence-corrected chi connectivity index (χ4v) is 1.36. The first-order valence-corrected chi connectivity index (χ1v) is 5.02. The maximum absolute atomic E-state index is 12.6. The number of amides is 1. The summed E-state index contributed by atoms with van der Waals surface area (Å²) in [6.07, 6.45) is -4.34. The lowest BCUT2D eigenvalue weighted by molar-refractivity contribution is -0.138. The van der Waals surface area contributed by atoms with Crippen molar-refractivity contribution in [2.75, 3.05) is 11.9 Å². The highest BCUT2D eigenvalue weighted by Crippen LogP contribution is 2.33. The third kappa shape index (κ3) is 3.74. The average Bonchev–Trinajstić information content (AvgIpc) is 2.19. The van der Waals surface area contributed by atoms with Gasteiger partial charge < -0.3 is 11.1 Å². The standard InChI is InChI=1S/C11H13F3N2O/c1-7-2-3-8(16-10(17)4-5-15)6-9(7)11(12,13)14/h2-3,6H,4-5,15H2,1H3,(H,16,17). The smallest absolute Gasteiger partial charge is 0.330 e. The summed E-state index contributed by atoms with van der Waals surface area (Å²) in [6.45, 7) is 1.53. The third-order valence-corrected chi connectivity index (χ3v) is 2.20. The maximum Gasteiger partial charge on any atom is 0.416 e. The van der Waals surface area contributed by atoms with Crippen LogP contribution in [-0.4, -0.2) is 12.5 Å². The molecule has 0 saturated carbocycles. The summed E-state index contributed by atoms with van der Waals surface area (Å²) in [7, 11) is 0. The molecule has 6 heteroatoms. The molecule has 1 rings (SSSR count). The molecule has 3 nitrogen and oxygen atoms in total. The number of hydrogen-bond donors (Lipinski definition) is 2. The number of carbonyl (C=O) groups is 1. The van der Waals surface area contributed by atoms with Crippen LogP contribution in [0.15, 0.2) is 18.2 Å². The minimum atomic E-state index is -4.42. The van der Waals surface area contributed by atoms with E-state index in [-0.39, 0.29) is 24.2 Å². The molecule has 0 aliphatic heterocycles. The molecule has 0 aromatic heterocycles. The number of hydrogen-bond acceptors (Lipinski definition) is 2. The van der Waals surface area contributed by atoms with Gasteiger partial charge in [0.15, 0.2) is 0 Å². The van der Waals surface area contributed by atoms with Gasteiger partial charge >= 0.3 is 6.18 Å². The molecule has 1 amide bonds. The zero-order chi connectivity index (χ0) is 13.1. The van der Waals surface area contributed by atoms with Crippen LogP contribution in [0.5, 0.6) is 0 Å². The van der Waals surface area contributed by atoms with E-state index in [1.165, 1.54) is 19.1 Å². The highest BCUT2D eigenvalue weighted by Gasteiger charge is 2.32. The number of anilines is 1. The van der Waals surface area contributed by atoms with E-state index in [1.54, 1.807) is 0 Å². The van der Waals surface area contributed by atoms with E-state index in [0.717, 1.165) is 6.07 Å². The van der Waals surface area contributed by atoms with Gasteiger partial charge in [-0.05, 0) is 24.6 Å². The molecule has 1 aromatic carbocycles. The number of halogens is 3. The second kappa shape index (κ2) is 5.18. The molecular formula is C11H13F3N2O. The van der Waals surface area contributed by atoms with Gasteiger partial charge in [-0.3, -0.25) is 4.79 Å². The van der Waals surface area contributed by atoms with Crippen LogP contribution in [-0.2, 0) is 11.0 Å². The number of carbonyl (C=O) groups excluding carboxylic acids is 1. The molecule has 0 bridgehead atoms. The lowest BCUT2D eigenvalue weighted by atomic mass is 10.1. The fourth-order valence-electron chi connectivity index (χ4n) is 1.36. The lowest BCUT2D eigenvalue weighted by Crippen LogP contribution is -2.17. The molecule has 17 heavy (non-hydrogen) atoms. The summed E-state index contributed by atoms with van der Waals surface area (Å²) in [5.74, 6) is -0.399. The molecule has 0 aliphatic carbocycles. The number of nitrogens with two attached hydrogens (primary N) is 1. The van der Waals surface area contributed by atoms with Gasteiger partial charge in [-0.25, -0.2) is 0 Å². The molecule has 3 N–H and O–H groups in total. The summed E-state index contributed by atoms with van der Waals surface area (Å²) < 4.78 is 37.7. The van der Waals surface area contributed by atoms with E-state index in [1.807, 2.05) is 0 Å². The number of nitrogens with one attached hydrogen (secondary N) is 1. The SMILES string of the molecule is Cc1ccc(NC(=O)CCN)cc1C(F)(F)F. The maximum atomic E-state index is 12.6. The van der Waals surface area contributed by atoms with Gasteiger partial charge in [-0.2, -0.15) is 13.2 Å². The van der Waals surface area contributed by atoms with Crippen molar-refractivity contribution >= 4 is 11.6 Å². The highest BCUT2D eigenvalue weighted by atomic mass is 19.4. The summed E-state index contributed by atoms with van der Waals surface area (Å²) in [6, 6.07) is 3.67. The van der Waals surface area contributed by atoms with Gasteiger partial charge in [0, 0.05) is 18.7 Å². The Morgan fingerprint density at radius 3 is 2.59 bits per heavy atom. The Bertz CT molecular complexity index is 416. The number of benzene rings is 1. The summed E-state index contributed by atoms with van der Waals surface area (Å²) in [4.78, 5) is 11.2. The molecule has 1 aromatic rings. The number of rotatable bonds is 3. The number of aryl methyl sites for hydroxylation is 1. The molecule has 0 aliphatic rings. The molecule has 0 fully saturated rings. The summed E-state index contributed by atoms with van der Waals surface area (Å²) in [5, 5.41) is 2.36. The van der Waals surface area contributed by atoms with Crippen molar-refractivity contribution < 1.29 is 18.0 Å². The molecule has 0 unspecified atom stereocenters. The van der Waals surface area contributed by atoms with Gasteiger partial charge in [0.25, 0.3) is 0 Å². The Morgan fingerprint density at radius 2 is 2.06 bits per heavy atom. The van der Waals surface area contributed by atoms with Crippen LogP contribution in [0, 0.1) is 6.92 Å². The van der Waals surface area contributed by atoms with Gasteiger partial charge in [-0.1, -0.05) is 6.07 Å². The van der Waals surface area contributed by atoms with E-state index >= 15 is 0 Å². The second-order valence-corrected chi connectivity index (χ2v) is 3.61. The first-order valence-electron chi connectivity index (χ1n) is 5.02. The Kier molecular flexibility index (Phi) is 4.11. The largest absolute Gasteiger partial charge is 0.416 e. The van der Waals surface area contributed by atoms with Gasteiger partial charge in [-0.15, -0.1) is 0 Å². The van der Waals surface area contributed by atoms with Crippen molar-refractivity contribution in [2.45, 2.75) is 19.5 Å². The van der Waals surface area contributed by atoms with Crippen molar-refractivity contribution in [1.82, 2.24) is 0 Å². The van der Waals surface area contributed by atoms with Crippen LogP contribution in [0.2, 0.25) is 0 Å². The Hall–Kier alpha value is -1.56. The molecule has 0 radical (unpaired) electrons. The van der Waals surface area contributed by atoms with Crippen molar-refractivity contribution in [1.29, 1.82) is 0 Å². The zero-order valence-corrected chi connectivity index (χ0v) is 9.27. The molecule has 0 spiro atoms. The van der Waals surface area contributed by atoms with E-state index in [0.29, 0.717) is 0 Å². The van der Waals surface area contributed by atoms with E-state index in [9.17, 15) is 18.0 Å². The van der Waals surface area contributed by atoms with Crippen molar-refractivity contribution in [3.05, 3.63) is 29.3 Å². The second-order valence-electron chi connectivity index (χ2n) is 3.61. The van der Waals surface area contributed by atoms with Crippen LogP contribution in [0.25, 0.3) is 0 Å². The predicted octanol–water partition coefficient (Wildman–Crippen LogP) is 2.30. The van der Waals surface area contributed by atoms with E-state index in [2.05, 4.69) is 5.32 Å². The lowest BCUT2D eigenvalue weighted by Gasteiger charge is -2.12. The topological polar surface area (TPSA) is 55.1 Å². The van der Waals surface area contributed by atoms with E-state index in [4.69, 9.17) is 5.73 Å². The molecule has 0 heterocycles. The van der Waals surface area contributed by atoms with Crippen LogP contribution >= 0.6 is 0 Å². The first-order chi connectivity index (χ1) is 7.84. The summed E-state index contributed by atoms with van der Waals surface area (Å²) >= 11 is 0. The fraction of sp³-hybridized carbons (Fsp3) is 0.364. The van der Waals surface area contributed by atoms with E-state index < -0.39 is 17.6 Å². The molecular weight excluding hydrogens is 233 g/mol. The Labute approximate surface area is 96.8 Å². The number of alkyl halides is 3. The predicted molar refractivity (Wildman–Crippen MR) is 58.5 cm³/mol. The highest BCUT2D eigenvalue weighted by molar-refractivity contribution is 5.90. The molecule has 0 saturated heterocycles. The van der Waals surface area contributed by atoms with Crippen LogP contribution in [0.1, 0.15) is 17.5 Å². The van der Waals surface area contributed by atoms with Gasteiger partial charge in [0.1, 0.15) is 0 Å². The first kappa shape index (κ1) is 13.5. The molecule has 0 atom stereocenters. The van der Waals surface area contributed by atoms with Gasteiger partial charge in [0.2, 0.25) is 5.91 Å². The summed E-state index contributed by atoms with van der Waals surface area (Å²) in [5.41, 5.74) is 4.66. The quantitative estimate of drug-likeness (QED) is 0.859. The Balaban J connectivity index is 2.93. The zero-order valence-electron chi connectivity index (χ0n) is 9.27. The minimum absolute atomic E-state index is 0.0786. The minimum Gasteiger partial charge on any atom is -0.330 e.